The van der Waals surface area contributed by atoms with E-state index in [4.69, 9.17) is 5.73 Å². The molecule has 0 fully saturated rings. The molecule has 146 valence electrons. The minimum absolute atomic E-state index is 0. The van der Waals surface area contributed by atoms with E-state index in [0.29, 0.717) is 18.9 Å². The Morgan fingerprint density at radius 2 is 1.73 bits per heavy atom. The van der Waals surface area contributed by atoms with E-state index < -0.39 is 6.04 Å². The smallest absolute Gasteiger partial charge is 0.244 e. The zero-order valence-corrected chi connectivity index (χ0v) is 16.9. The van der Waals surface area contributed by atoms with Crippen LogP contribution >= 0.6 is 12.4 Å². The molecule has 0 aliphatic rings. The van der Waals surface area contributed by atoms with Crippen molar-refractivity contribution in [2.75, 3.05) is 6.54 Å². The fourth-order valence-corrected chi connectivity index (χ4v) is 2.36. The molecule has 0 unspecified atom stereocenters. The normalized spacial score (nSPS) is 13.3. The van der Waals surface area contributed by atoms with Gasteiger partial charge in [0, 0.05) is 18.7 Å². The highest BCUT2D eigenvalue weighted by Gasteiger charge is 2.21. The Morgan fingerprint density at radius 1 is 1.12 bits per heavy atom. The number of carbonyl (C=O) groups is 2. The van der Waals surface area contributed by atoms with E-state index in [-0.39, 0.29) is 36.2 Å². The summed E-state index contributed by atoms with van der Waals surface area (Å²) in [6.07, 6.45) is 3.90. The van der Waals surface area contributed by atoms with Crippen molar-refractivity contribution in [3.63, 3.8) is 0 Å². The number of hydrogen-bond acceptors (Lipinski definition) is 3. The highest BCUT2D eigenvalue weighted by molar-refractivity contribution is 5.91. The highest BCUT2D eigenvalue weighted by atomic mass is 35.5. The molecule has 0 bridgehead atoms. The fraction of sp³-hybridized carbons (Fsp3) is 0.500. The largest absolute Gasteiger partial charge is 0.350 e. The van der Waals surface area contributed by atoms with Crippen LogP contribution in [0.5, 0.6) is 0 Å². The molecule has 0 aliphatic carbocycles. The zero-order chi connectivity index (χ0) is 18.8. The van der Waals surface area contributed by atoms with Gasteiger partial charge >= 0.3 is 0 Å². The lowest BCUT2D eigenvalue weighted by atomic mass is 10.0. The van der Waals surface area contributed by atoms with Gasteiger partial charge < -0.3 is 16.4 Å². The molecule has 2 amide bonds. The summed E-state index contributed by atoms with van der Waals surface area (Å²) in [6.45, 7) is 8.45. The minimum Gasteiger partial charge on any atom is -0.350 e. The van der Waals surface area contributed by atoms with Crippen molar-refractivity contribution in [3.8, 4) is 0 Å². The van der Waals surface area contributed by atoms with E-state index in [9.17, 15) is 9.59 Å². The average molecular weight is 382 g/mol. The first-order chi connectivity index (χ1) is 11.8. The first-order valence-electron chi connectivity index (χ1n) is 8.86. The predicted molar refractivity (Wildman–Crippen MR) is 110 cm³/mol. The van der Waals surface area contributed by atoms with E-state index in [2.05, 4.69) is 10.6 Å². The van der Waals surface area contributed by atoms with Crippen LogP contribution in [0.15, 0.2) is 36.4 Å². The van der Waals surface area contributed by atoms with Crippen molar-refractivity contribution in [1.82, 2.24) is 10.6 Å². The van der Waals surface area contributed by atoms with Gasteiger partial charge in [0.2, 0.25) is 11.8 Å². The molecule has 26 heavy (non-hydrogen) atoms. The number of nitrogens with one attached hydrogen (secondary N) is 2. The van der Waals surface area contributed by atoms with Gasteiger partial charge in [-0.25, -0.2) is 0 Å². The molecule has 1 aromatic carbocycles. The number of rotatable bonds is 9. The Labute approximate surface area is 163 Å². The monoisotopic (exact) mass is 381 g/mol. The van der Waals surface area contributed by atoms with Gasteiger partial charge in [-0.15, -0.1) is 12.4 Å². The summed E-state index contributed by atoms with van der Waals surface area (Å²) in [5.74, 6) is 0.200. The highest BCUT2D eigenvalue weighted by Crippen LogP contribution is 2.06. The van der Waals surface area contributed by atoms with E-state index in [1.807, 2.05) is 58.0 Å². The van der Waals surface area contributed by atoms with Crippen LogP contribution < -0.4 is 16.4 Å². The van der Waals surface area contributed by atoms with Crippen LogP contribution in [0.4, 0.5) is 0 Å². The van der Waals surface area contributed by atoms with Crippen LogP contribution in [0.3, 0.4) is 0 Å². The third kappa shape index (κ3) is 9.59. The van der Waals surface area contributed by atoms with Crippen molar-refractivity contribution in [1.29, 1.82) is 0 Å². The molecule has 2 atom stereocenters. The number of carbonyl (C=O) groups excluding carboxylic acids is 2. The molecule has 4 N–H and O–H groups in total. The van der Waals surface area contributed by atoms with Crippen LogP contribution in [-0.2, 0) is 9.59 Å². The van der Waals surface area contributed by atoms with Gasteiger partial charge in [-0.2, -0.15) is 0 Å². The van der Waals surface area contributed by atoms with Crippen molar-refractivity contribution in [2.24, 2.45) is 17.6 Å². The van der Waals surface area contributed by atoms with Gasteiger partial charge in [-0.1, -0.05) is 58.0 Å². The Balaban J connectivity index is 0.00000625. The molecule has 0 heterocycles. The lowest BCUT2D eigenvalue weighted by molar-refractivity contribution is -0.124. The molecule has 0 saturated carbocycles. The summed E-state index contributed by atoms with van der Waals surface area (Å²) in [7, 11) is 0. The van der Waals surface area contributed by atoms with Crippen LogP contribution in [0.25, 0.3) is 6.08 Å². The standard InChI is InChI=1S/C20H31N3O2.ClH/c1-14(2)12-17(21)20(25)23-18(15(3)4)13-22-19(24)11-10-16-8-6-5-7-9-16;/h5-11,14-15,17-18H,12-13,21H2,1-4H3,(H,22,24)(H,23,25);1H/t17-,18+;/m0./s1. The molecular weight excluding hydrogens is 350 g/mol. The minimum atomic E-state index is -0.519. The van der Waals surface area contributed by atoms with E-state index >= 15 is 0 Å². The molecule has 1 rings (SSSR count). The molecule has 0 radical (unpaired) electrons. The Kier molecular flexibility index (Phi) is 11.6. The number of nitrogens with two attached hydrogens (primary N) is 1. The quantitative estimate of drug-likeness (QED) is 0.575. The predicted octanol–water partition coefficient (Wildman–Crippen LogP) is 2.75. The van der Waals surface area contributed by atoms with Gasteiger partial charge in [0.05, 0.1) is 6.04 Å². The Hall–Kier alpha value is -1.85. The van der Waals surface area contributed by atoms with Crippen molar-refractivity contribution in [2.45, 2.75) is 46.2 Å². The van der Waals surface area contributed by atoms with E-state index in [0.717, 1.165) is 5.56 Å². The van der Waals surface area contributed by atoms with Gasteiger partial charge in [0.15, 0.2) is 0 Å². The molecule has 5 nitrogen and oxygen atoms in total. The van der Waals surface area contributed by atoms with E-state index in [1.54, 1.807) is 6.08 Å². The summed E-state index contributed by atoms with van der Waals surface area (Å²) in [5, 5.41) is 5.79. The van der Waals surface area contributed by atoms with Gasteiger partial charge in [-0.05, 0) is 29.9 Å². The first kappa shape index (κ1) is 24.2. The number of hydrogen-bond donors (Lipinski definition) is 3. The van der Waals surface area contributed by atoms with Gasteiger partial charge in [0.25, 0.3) is 0 Å². The van der Waals surface area contributed by atoms with Crippen LogP contribution in [0.2, 0.25) is 0 Å². The second-order valence-corrected chi connectivity index (χ2v) is 7.08. The third-order valence-electron chi connectivity index (χ3n) is 3.92. The summed E-state index contributed by atoms with van der Waals surface area (Å²) >= 11 is 0. The molecule has 0 spiro atoms. The molecule has 0 aliphatic heterocycles. The molecule has 0 aromatic heterocycles. The first-order valence-corrected chi connectivity index (χ1v) is 8.86. The molecule has 0 saturated heterocycles. The molecule has 1 aromatic rings. The van der Waals surface area contributed by atoms with E-state index in [1.165, 1.54) is 6.08 Å². The SMILES string of the molecule is CC(C)C[C@H](N)C(=O)N[C@H](CNC(=O)C=Cc1ccccc1)C(C)C.Cl. The maximum atomic E-state index is 12.2. The van der Waals surface area contributed by atoms with Crippen molar-refractivity contribution < 1.29 is 9.59 Å². The van der Waals surface area contributed by atoms with Crippen LogP contribution in [0.1, 0.15) is 39.7 Å². The summed E-state index contributed by atoms with van der Waals surface area (Å²) in [6, 6.07) is 8.95. The third-order valence-corrected chi connectivity index (χ3v) is 3.92. The van der Waals surface area contributed by atoms with Crippen molar-refractivity contribution >= 4 is 30.3 Å². The summed E-state index contributed by atoms with van der Waals surface area (Å²) < 4.78 is 0. The Morgan fingerprint density at radius 3 is 2.27 bits per heavy atom. The zero-order valence-electron chi connectivity index (χ0n) is 16.1. The Bertz CT molecular complexity index is 574. The lowest BCUT2D eigenvalue weighted by Gasteiger charge is -2.24. The molecule has 6 heteroatoms. The number of amides is 2. The summed E-state index contributed by atoms with van der Waals surface area (Å²) in [4.78, 5) is 24.2. The van der Waals surface area contributed by atoms with Crippen molar-refractivity contribution in [3.05, 3.63) is 42.0 Å². The fourth-order valence-electron chi connectivity index (χ4n) is 2.36. The maximum absolute atomic E-state index is 12.2. The second kappa shape index (κ2) is 12.5. The molecular formula is C20H32ClN3O2. The average Bonchev–Trinajstić information content (AvgIpc) is 2.56. The summed E-state index contributed by atoms with van der Waals surface area (Å²) in [5.41, 5.74) is 6.89. The van der Waals surface area contributed by atoms with Gasteiger partial charge in [-0.3, -0.25) is 9.59 Å². The van der Waals surface area contributed by atoms with Crippen LogP contribution in [0, 0.1) is 11.8 Å². The lowest BCUT2D eigenvalue weighted by Crippen LogP contribution is -2.51. The number of benzene rings is 1. The second-order valence-electron chi connectivity index (χ2n) is 7.08. The topological polar surface area (TPSA) is 84.2 Å². The number of halogens is 1. The van der Waals surface area contributed by atoms with Gasteiger partial charge in [0.1, 0.15) is 0 Å². The van der Waals surface area contributed by atoms with Crippen LogP contribution in [-0.4, -0.2) is 30.4 Å². The maximum Gasteiger partial charge on any atom is 0.244 e.